The van der Waals surface area contributed by atoms with Crippen molar-refractivity contribution in [2.45, 2.75) is 70.5 Å². The summed E-state index contributed by atoms with van der Waals surface area (Å²) in [5, 5.41) is 4.25. The molecule has 1 fully saturated rings. The highest BCUT2D eigenvalue weighted by Crippen LogP contribution is 2.25. The molecule has 0 spiro atoms. The molecule has 0 aliphatic heterocycles. The smallest absolute Gasteiger partial charge is 0.243 e. The molecule has 0 aromatic heterocycles. The van der Waals surface area contributed by atoms with E-state index in [1.807, 2.05) is 43.3 Å². The molecule has 0 unspecified atom stereocenters. The molecular formula is C25H30Cl2N2O2. The summed E-state index contributed by atoms with van der Waals surface area (Å²) >= 11 is 12.4. The quantitative estimate of drug-likeness (QED) is 0.541. The molecule has 2 aromatic rings. The van der Waals surface area contributed by atoms with E-state index in [0.29, 0.717) is 22.9 Å². The summed E-state index contributed by atoms with van der Waals surface area (Å²) in [5.41, 5.74) is 1.79. The van der Waals surface area contributed by atoms with Gasteiger partial charge in [0.15, 0.2) is 0 Å². The van der Waals surface area contributed by atoms with Gasteiger partial charge in [0.2, 0.25) is 11.8 Å². The molecular weight excluding hydrogens is 431 g/mol. The fourth-order valence-electron chi connectivity index (χ4n) is 4.13. The van der Waals surface area contributed by atoms with E-state index in [2.05, 4.69) is 5.32 Å². The molecule has 2 aromatic carbocycles. The van der Waals surface area contributed by atoms with Crippen LogP contribution in [0.4, 0.5) is 0 Å². The molecule has 6 heteroatoms. The Morgan fingerprint density at radius 3 is 2.42 bits per heavy atom. The summed E-state index contributed by atoms with van der Waals surface area (Å²) in [4.78, 5) is 28.1. The molecule has 1 atom stereocenters. The maximum absolute atomic E-state index is 13.4. The van der Waals surface area contributed by atoms with E-state index in [9.17, 15) is 9.59 Å². The van der Waals surface area contributed by atoms with E-state index in [4.69, 9.17) is 23.2 Å². The monoisotopic (exact) mass is 460 g/mol. The molecule has 0 radical (unpaired) electrons. The van der Waals surface area contributed by atoms with Gasteiger partial charge in [0.1, 0.15) is 6.04 Å². The lowest BCUT2D eigenvalue weighted by Gasteiger charge is -2.33. The number of nitrogens with zero attached hydrogens (tertiary/aromatic N) is 1. The average Bonchev–Trinajstić information content (AvgIpc) is 2.78. The maximum Gasteiger partial charge on any atom is 0.243 e. The zero-order chi connectivity index (χ0) is 22.2. The van der Waals surface area contributed by atoms with Crippen molar-refractivity contribution >= 4 is 35.0 Å². The minimum atomic E-state index is -0.608. The number of carbonyl (C=O) groups excluding carboxylic acids is 2. The Morgan fingerprint density at radius 2 is 1.77 bits per heavy atom. The zero-order valence-corrected chi connectivity index (χ0v) is 19.5. The highest BCUT2D eigenvalue weighted by Gasteiger charge is 2.31. The van der Waals surface area contributed by atoms with Gasteiger partial charge in [-0.2, -0.15) is 0 Å². The van der Waals surface area contributed by atoms with Crippen LogP contribution in [0.15, 0.2) is 48.5 Å². The van der Waals surface area contributed by atoms with Gasteiger partial charge in [0.05, 0.1) is 0 Å². The Bertz CT molecular complexity index is 882. The van der Waals surface area contributed by atoms with E-state index in [1.165, 1.54) is 6.42 Å². The van der Waals surface area contributed by atoms with Gasteiger partial charge in [0, 0.05) is 35.5 Å². The summed E-state index contributed by atoms with van der Waals surface area (Å²) in [6, 6.07) is 14.6. The number of nitrogens with one attached hydrogen (secondary N) is 1. The molecule has 0 saturated heterocycles. The molecule has 0 heterocycles. The molecule has 1 saturated carbocycles. The third-order valence-corrected chi connectivity index (χ3v) is 6.47. The van der Waals surface area contributed by atoms with Crippen molar-refractivity contribution < 1.29 is 9.59 Å². The highest BCUT2D eigenvalue weighted by molar-refractivity contribution is 6.35. The van der Waals surface area contributed by atoms with Crippen molar-refractivity contribution in [3.63, 3.8) is 0 Å². The Kier molecular flexibility index (Phi) is 8.79. The van der Waals surface area contributed by atoms with E-state index in [0.717, 1.165) is 36.8 Å². The van der Waals surface area contributed by atoms with Crippen LogP contribution in [0.1, 0.15) is 56.6 Å². The predicted molar refractivity (Wildman–Crippen MR) is 126 cm³/mol. The van der Waals surface area contributed by atoms with E-state index < -0.39 is 6.04 Å². The van der Waals surface area contributed by atoms with Crippen molar-refractivity contribution in [2.75, 3.05) is 0 Å². The fraction of sp³-hybridized carbons (Fsp3) is 0.440. The third-order valence-electron chi connectivity index (χ3n) is 5.88. The standard InChI is InChI=1S/C25H30Cl2N2O2/c1-2-24(30)29(17-19-13-14-20(26)16-22(19)27)23(15-18-9-5-3-6-10-18)25(31)28-21-11-7-4-8-12-21/h3,5-6,9-10,13-14,16,21,23H,2,4,7-8,11-12,15,17H2,1H3,(H,28,31)/t23-/m1/s1. The number of carbonyl (C=O) groups is 2. The van der Waals surface area contributed by atoms with Crippen LogP contribution in [0.5, 0.6) is 0 Å². The minimum absolute atomic E-state index is 0.0780. The van der Waals surface area contributed by atoms with Gasteiger partial charge in [-0.05, 0) is 36.1 Å². The van der Waals surface area contributed by atoms with Gasteiger partial charge < -0.3 is 10.2 Å². The Hall–Kier alpha value is -2.04. The van der Waals surface area contributed by atoms with Crippen LogP contribution in [-0.2, 0) is 22.6 Å². The fourth-order valence-corrected chi connectivity index (χ4v) is 4.60. The lowest BCUT2D eigenvalue weighted by atomic mass is 9.94. The largest absolute Gasteiger partial charge is 0.352 e. The SMILES string of the molecule is CCC(=O)N(Cc1ccc(Cl)cc1Cl)[C@H](Cc1ccccc1)C(=O)NC1CCCCC1. The molecule has 4 nitrogen and oxygen atoms in total. The van der Waals surface area contributed by atoms with E-state index in [-0.39, 0.29) is 24.4 Å². The molecule has 3 rings (SSSR count). The van der Waals surface area contributed by atoms with Crippen LogP contribution in [-0.4, -0.2) is 28.8 Å². The summed E-state index contributed by atoms with van der Waals surface area (Å²) in [5.74, 6) is -0.173. The number of amides is 2. The second-order valence-corrected chi connectivity index (χ2v) is 9.00. The summed E-state index contributed by atoms with van der Waals surface area (Å²) in [7, 11) is 0. The number of rotatable bonds is 8. The van der Waals surface area contributed by atoms with Gasteiger partial charge in [-0.15, -0.1) is 0 Å². The minimum Gasteiger partial charge on any atom is -0.352 e. The lowest BCUT2D eigenvalue weighted by Crippen LogP contribution is -2.52. The maximum atomic E-state index is 13.4. The van der Waals surface area contributed by atoms with E-state index in [1.54, 1.807) is 17.0 Å². The van der Waals surface area contributed by atoms with Crippen molar-refractivity contribution in [2.24, 2.45) is 0 Å². The number of hydrogen-bond acceptors (Lipinski definition) is 2. The Balaban J connectivity index is 1.89. The molecule has 31 heavy (non-hydrogen) atoms. The average molecular weight is 461 g/mol. The van der Waals surface area contributed by atoms with Gasteiger partial charge in [-0.3, -0.25) is 9.59 Å². The van der Waals surface area contributed by atoms with Crippen molar-refractivity contribution in [3.05, 3.63) is 69.7 Å². The highest BCUT2D eigenvalue weighted by atomic mass is 35.5. The summed E-state index contributed by atoms with van der Waals surface area (Å²) < 4.78 is 0. The molecule has 2 amide bonds. The van der Waals surface area contributed by atoms with Gasteiger partial charge in [-0.1, -0.05) is 85.8 Å². The first-order valence-corrected chi connectivity index (χ1v) is 11.8. The van der Waals surface area contributed by atoms with Gasteiger partial charge in [0.25, 0.3) is 0 Å². The van der Waals surface area contributed by atoms with Crippen LogP contribution in [0.2, 0.25) is 10.0 Å². The van der Waals surface area contributed by atoms with Crippen molar-refractivity contribution in [1.29, 1.82) is 0 Å². The van der Waals surface area contributed by atoms with Crippen LogP contribution in [0.3, 0.4) is 0 Å². The molecule has 1 aliphatic carbocycles. The molecule has 166 valence electrons. The number of hydrogen-bond donors (Lipinski definition) is 1. The normalized spacial score (nSPS) is 15.3. The Labute approximate surface area is 194 Å². The van der Waals surface area contributed by atoms with Crippen molar-refractivity contribution in [3.8, 4) is 0 Å². The predicted octanol–water partition coefficient (Wildman–Crippen LogP) is 5.79. The third kappa shape index (κ3) is 6.72. The Morgan fingerprint density at radius 1 is 1.06 bits per heavy atom. The lowest BCUT2D eigenvalue weighted by molar-refractivity contribution is -0.141. The zero-order valence-electron chi connectivity index (χ0n) is 17.9. The summed E-state index contributed by atoms with van der Waals surface area (Å²) in [6.07, 6.45) is 6.24. The second-order valence-electron chi connectivity index (χ2n) is 8.16. The van der Waals surface area contributed by atoms with Crippen LogP contribution in [0.25, 0.3) is 0 Å². The summed E-state index contributed by atoms with van der Waals surface area (Å²) in [6.45, 7) is 2.08. The topological polar surface area (TPSA) is 49.4 Å². The number of halogens is 2. The first-order valence-electron chi connectivity index (χ1n) is 11.1. The van der Waals surface area contributed by atoms with Gasteiger partial charge in [-0.25, -0.2) is 0 Å². The molecule has 0 bridgehead atoms. The van der Waals surface area contributed by atoms with Crippen LogP contribution < -0.4 is 5.32 Å². The molecule has 1 N–H and O–H groups in total. The number of benzene rings is 2. The van der Waals surface area contributed by atoms with Crippen molar-refractivity contribution in [1.82, 2.24) is 10.2 Å². The first kappa shape index (κ1) is 23.6. The second kappa shape index (κ2) is 11.5. The van der Waals surface area contributed by atoms with E-state index >= 15 is 0 Å². The van der Waals surface area contributed by atoms with Crippen LogP contribution in [0, 0.1) is 0 Å². The molecule has 1 aliphatic rings. The first-order chi connectivity index (χ1) is 15.0. The van der Waals surface area contributed by atoms with Gasteiger partial charge >= 0.3 is 0 Å². The van der Waals surface area contributed by atoms with Crippen LogP contribution >= 0.6 is 23.2 Å².